The SMILES string of the molecule is C=CC(=O)N1CCN(c2ncnc3cc(N(CCN(C)CCl)c4nc(N)ccc4C(F)(F)F)ccc23)CC1.O=C(O)C(F)(F)F. The predicted molar refractivity (Wildman–Crippen MR) is 156 cm³/mol. The summed E-state index contributed by atoms with van der Waals surface area (Å²) in [6.45, 7) is 6.28. The van der Waals surface area contributed by atoms with Crippen LogP contribution in [0.15, 0.2) is 49.3 Å². The van der Waals surface area contributed by atoms with Gasteiger partial charge in [-0.15, -0.1) is 11.6 Å². The van der Waals surface area contributed by atoms with Gasteiger partial charge in [0.15, 0.2) is 0 Å². The number of halogens is 7. The maximum atomic E-state index is 13.9. The molecule has 3 N–H and O–H groups in total. The zero-order valence-electron chi connectivity index (χ0n) is 23.8. The van der Waals surface area contributed by atoms with Gasteiger partial charge in [-0.1, -0.05) is 6.58 Å². The van der Waals surface area contributed by atoms with E-state index in [2.05, 4.69) is 26.4 Å². The number of pyridine rings is 1. The molecule has 0 unspecified atom stereocenters. The van der Waals surface area contributed by atoms with Gasteiger partial charge in [0.05, 0.1) is 17.1 Å². The van der Waals surface area contributed by atoms with Crippen LogP contribution in [0.2, 0.25) is 0 Å². The molecule has 0 bridgehead atoms. The number of hydrogen-bond acceptors (Lipinski definition) is 9. The number of fused-ring (bicyclic) bond motifs is 1. The molecular weight excluding hydrogens is 634 g/mol. The maximum Gasteiger partial charge on any atom is 0.490 e. The van der Waals surface area contributed by atoms with Gasteiger partial charge >= 0.3 is 18.3 Å². The molecule has 45 heavy (non-hydrogen) atoms. The molecule has 0 radical (unpaired) electrons. The van der Waals surface area contributed by atoms with Crippen LogP contribution in [0.25, 0.3) is 10.9 Å². The summed E-state index contributed by atoms with van der Waals surface area (Å²) in [4.78, 5) is 40.8. The van der Waals surface area contributed by atoms with E-state index >= 15 is 0 Å². The zero-order chi connectivity index (χ0) is 33.5. The standard InChI is InChI=1S/C25H28ClF3N8O.C2HF3O2/c1-3-22(38)35-9-11-36(12-10-35)23-18-5-4-17(14-20(18)31-16-32-23)37(13-8-34(2)15-26)24-19(25(27,28)29)6-7-21(30)33-24;3-2(4,5)1(6)7/h3-7,14,16H,1,8-13,15H2,2H3,(H2,30,33);(H,6,7). The number of aliphatic carboxylic acids is 1. The maximum absolute atomic E-state index is 13.9. The van der Waals surface area contributed by atoms with Gasteiger partial charge in [-0.3, -0.25) is 9.69 Å². The Morgan fingerprint density at radius 1 is 1.07 bits per heavy atom. The van der Waals surface area contributed by atoms with E-state index in [9.17, 15) is 31.1 Å². The lowest BCUT2D eigenvalue weighted by Crippen LogP contribution is -2.48. The normalized spacial score (nSPS) is 13.8. The molecule has 0 spiro atoms. The Hall–Kier alpha value is -4.38. The van der Waals surface area contributed by atoms with E-state index in [-0.39, 0.29) is 30.1 Å². The van der Waals surface area contributed by atoms with E-state index in [0.29, 0.717) is 49.7 Å². The van der Waals surface area contributed by atoms with E-state index in [1.807, 2.05) is 0 Å². The van der Waals surface area contributed by atoms with Gasteiger partial charge in [0.1, 0.15) is 23.8 Å². The second kappa shape index (κ2) is 14.6. The van der Waals surface area contributed by atoms with Crippen molar-refractivity contribution in [3.05, 3.63) is 54.9 Å². The number of alkyl halides is 7. The topological polar surface area (TPSA) is 132 Å². The second-order valence-electron chi connectivity index (χ2n) is 9.67. The number of carbonyl (C=O) groups is 2. The van der Waals surface area contributed by atoms with Crippen molar-refractivity contribution in [3.8, 4) is 0 Å². The van der Waals surface area contributed by atoms with Crippen LogP contribution in [0.1, 0.15) is 5.56 Å². The van der Waals surface area contributed by atoms with Crippen molar-refractivity contribution >= 4 is 57.5 Å². The first-order chi connectivity index (χ1) is 21.1. The average Bonchev–Trinajstić information content (AvgIpc) is 2.99. The van der Waals surface area contributed by atoms with Crippen LogP contribution in [0.3, 0.4) is 0 Å². The number of carboxylic acids is 1. The van der Waals surface area contributed by atoms with Crippen LogP contribution in [-0.2, 0) is 15.8 Å². The number of nitrogens with two attached hydrogens (primary N) is 1. The summed E-state index contributed by atoms with van der Waals surface area (Å²) in [5.74, 6) is -2.50. The lowest BCUT2D eigenvalue weighted by Gasteiger charge is -2.35. The molecule has 1 aliphatic rings. The Morgan fingerprint density at radius 3 is 2.27 bits per heavy atom. The molecule has 0 saturated carbocycles. The van der Waals surface area contributed by atoms with Gasteiger partial charge in [-0.25, -0.2) is 19.7 Å². The summed E-state index contributed by atoms with van der Waals surface area (Å²) in [7, 11) is 1.77. The van der Waals surface area contributed by atoms with Crippen LogP contribution in [0.5, 0.6) is 0 Å². The zero-order valence-corrected chi connectivity index (χ0v) is 24.6. The van der Waals surface area contributed by atoms with E-state index < -0.39 is 23.9 Å². The minimum absolute atomic E-state index is 0.0248. The number of piperazine rings is 1. The van der Waals surface area contributed by atoms with Gasteiger partial charge in [0.25, 0.3) is 0 Å². The van der Waals surface area contributed by atoms with Crippen LogP contribution in [0, 0.1) is 0 Å². The Balaban J connectivity index is 0.000000707. The molecule has 1 aromatic carbocycles. The molecule has 0 aliphatic carbocycles. The molecule has 1 saturated heterocycles. The number of carbonyl (C=O) groups excluding carboxylic acids is 1. The Morgan fingerprint density at radius 2 is 1.71 bits per heavy atom. The molecule has 11 nitrogen and oxygen atoms in total. The van der Waals surface area contributed by atoms with Gasteiger partial charge in [0, 0.05) is 50.3 Å². The average molecular weight is 663 g/mol. The molecule has 244 valence electrons. The summed E-state index contributed by atoms with van der Waals surface area (Å²) in [5, 5.41) is 7.87. The van der Waals surface area contributed by atoms with Crippen molar-refractivity contribution in [2.75, 3.05) is 67.9 Å². The van der Waals surface area contributed by atoms with Crippen LogP contribution in [0.4, 0.5) is 49.5 Å². The molecule has 1 aliphatic heterocycles. The van der Waals surface area contributed by atoms with Gasteiger partial charge in [-0.05, 0) is 43.5 Å². The fourth-order valence-electron chi connectivity index (χ4n) is 4.30. The first-order valence-electron chi connectivity index (χ1n) is 13.1. The van der Waals surface area contributed by atoms with Crippen LogP contribution < -0.4 is 15.5 Å². The Labute approximate surface area is 258 Å². The lowest BCUT2D eigenvalue weighted by molar-refractivity contribution is -0.192. The highest BCUT2D eigenvalue weighted by molar-refractivity contribution is 6.17. The number of rotatable bonds is 8. The summed E-state index contributed by atoms with van der Waals surface area (Å²) in [6.07, 6.45) is -6.99. The smallest absolute Gasteiger partial charge is 0.475 e. The number of anilines is 4. The van der Waals surface area contributed by atoms with Gasteiger partial charge < -0.3 is 25.5 Å². The number of benzene rings is 1. The first-order valence-corrected chi connectivity index (χ1v) is 13.7. The number of nitrogen functional groups attached to an aromatic ring is 1. The second-order valence-corrected chi connectivity index (χ2v) is 9.91. The molecule has 18 heteroatoms. The summed E-state index contributed by atoms with van der Waals surface area (Å²) >= 11 is 5.90. The Kier molecular flexibility index (Phi) is 11.4. The molecule has 2 aromatic heterocycles. The highest BCUT2D eigenvalue weighted by atomic mass is 35.5. The summed E-state index contributed by atoms with van der Waals surface area (Å²) < 4.78 is 73.6. The summed E-state index contributed by atoms with van der Waals surface area (Å²) in [6, 6.07) is 7.51. The van der Waals surface area contributed by atoms with E-state index in [1.165, 1.54) is 17.3 Å². The monoisotopic (exact) mass is 662 g/mol. The number of likely N-dealkylation sites (N-methyl/N-ethyl adjacent to an activating group) is 1. The fourth-order valence-corrected chi connectivity index (χ4v) is 4.42. The number of amides is 1. The highest BCUT2D eigenvalue weighted by Crippen LogP contribution is 2.39. The third-order valence-corrected chi connectivity index (χ3v) is 6.99. The highest BCUT2D eigenvalue weighted by Gasteiger charge is 2.38. The lowest BCUT2D eigenvalue weighted by atomic mass is 10.1. The fraction of sp³-hybridized carbons (Fsp3) is 0.370. The molecule has 1 fully saturated rings. The summed E-state index contributed by atoms with van der Waals surface area (Å²) in [5.41, 5.74) is 5.94. The van der Waals surface area contributed by atoms with Gasteiger partial charge in [0.2, 0.25) is 5.91 Å². The molecule has 3 heterocycles. The third kappa shape index (κ3) is 9.07. The number of carboxylic acid groups (broad SMARTS) is 1. The quantitative estimate of drug-likeness (QED) is 0.155. The Bertz CT molecular complexity index is 1520. The van der Waals surface area contributed by atoms with Crippen molar-refractivity contribution < 1.29 is 41.0 Å². The minimum Gasteiger partial charge on any atom is -0.475 e. The predicted octanol–water partition coefficient (Wildman–Crippen LogP) is 4.36. The van der Waals surface area contributed by atoms with Crippen molar-refractivity contribution in [1.82, 2.24) is 24.8 Å². The van der Waals surface area contributed by atoms with E-state index in [1.54, 1.807) is 35.0 Å². The van der Waals surface area contributed by atoms with E-state index in [4.69, 9.17) is 27.2 Å². The third-order valence-electron chi connectivity index (χ3n) is 6.59. The largest absolute Gasteiger partial charge is 0.490 e. The number of nitrogens with zero attached hydrogens (tertiary/aromatic N) is 7. The van der Waals surface area contributed by atoms with Crippen LogP contribution >= 0.6 is 11.6 Å². The number of aromatic nitrogens is 3. The van der Waals surface area contributed by atoms with Crippen molar-refractivity contribution in [2.24, 2.45) is 0 Å². The number of hydrogen-bond donors (Lipinski definition) is 2. The van der Waals surface area contributed by atoms with Crippen molar-refractivity contribution in [2.45, 2.75) is 12.4 Å². The molecule has 3 aromatic rings. The molecule has 0 atom stereocenters. The van der Waals surface area contributed by atoms with Crippen LogP contribution in [-0.4, -0.2) is 100 Å². The van der Waals surface area contributed by atoms with Crippen molar-refractivity contribution in [3.63, 3.8) is 0 Å². The van der Waals surface area contributed by atoms with Gasteiger partial charge in [-0.2, -0.15) is 26.3 Å². The van der Waals surface area contributed by atoms with Crippen molar-refractivity contribution in [1.29, 1.82) is 0 Å². The molecule has 1 amide bonds. The minimum atomic E-state index is -5.08. The molecule has 4 rings (SSSR count). The molecular formula is C27H29ClF6N8O3. The first kappa shape index (κ1) is 35.1. The van der Waals surface area contributed by atoms with E-state index in [0.717, 1.165) is 17.5 Å².